The molecule has 19 heteroatoms. The van der Waals surface area contributed by atoms with Gasteiger partial charge < -0.3 is 49.4 Å². The lowest BCUT2D eigenvalue weighted by Crippen LogP contribution is -2.42. The van der Waals surface area contributed by atoms with E-state index in [1.165, 1.54) is 0 Å². The van der Waals surface area contributed by atoms with Crippen LogP contribution in [0.4, 0.5) is 22.8 Å². The number of rotatable bonds is 11. The fourth-order valence-corrected chi connectivity index (χ4v) is 5.50. The van der Waals surface area contributed by atoms with Crippen molar-refractivity contribution in [3.8, 4) is 0 Å². The number of carboxylic acids is 2. The van der Waals surface area contributed by atoms with E-state index in [2.05, 4.69) is 5.32 Å². The Morgan fingerprint density at radius 2 is 0.821 bits per heavy atom. The molecule has 2 amide bonds. The molecule has 0 bridgehead atoms. The molecular weight excluding hydrogens is 884 g/mol. The van der Waals surface area contributed by atoms with Crippen LogP contribution >= 0.6 is 0 Å². The summed E-state index contributed by atoms with van der Waals surface area (Å²) in [7, 11) is 0. The van der Waals surface area contributed by atoms with Gasteiger partial charge in [-0.3, -0.25) is 14.4 Å². The van der Waals surface area contributed by atoms with Crippen molar-refractivity contribution in [2.75, 3.05) is 59.1 Å². The molecule has 67 heavy (non-hydrogen) atoms. The second-order valence-corrected chi connectivity index (χ2v) is 21.2. The van der Waals surface area contributed by atoms with E-state index < -0.39 is 40.1 Å². The molecule has 0 aromatic rings. The number of aliphatic carboxylic acids is 2. The maximum atomic E-state index is 12.0. The van der Waals surface area contributed by atoms with Gasteiger partial charge in [0.05, 0.1) is 29.5 Å². The number of nitrogens with zero attached hydrogens (tertiary/aromatic N) is 2. The van der Waals surface area contributed by atoms with Gasteiger partial charge in [0.25, 0.3) is 0 Å². The lowest BCUT2D eigenvalue weighted by Gasteiger charge is -2.33. The molecule has 3 aliphatic rings. The molecule has 3 aliphatic heterocycles. The van der Waals surface area contributed by atoms with E-state index in [1.54, 1.807) is 23.6 Å². The fourth-order valence-electron chi connectivity index (χ4n) is 5.50. The lowest BCUT2D eigenvalue weighted by atomic mass is 9.90. The number of carbonyl (C=O) groups is 6. The Morgan fingerprint density at radius 1 is 0.522 bits per heavy atom. The predicted octanol–water partition coefficient (Wildman–Crippen LogP) is 9.34. The second kappa shape index (κ2) is 29.9. The Kier molecular flexibility index (Phi) is 29.1. The molecule has 0 radical (unpaired) electrons. The van der Waals surface area contributed by atoms with E-state index >= 15 is 0 Å². The molecule has 3 heterocycles. The quantitative estimate of drug-likeness (QED) is 0.112. The average Bonchev–Trinajstić information content (AvgIpc) is 3.24. The molecule has 0 aromatic heterocycles. The van der Waals surface area contributed by atoms with E-state index in [-0.39, 0.29) is 36.1 Å². The topological polar surface area (TPSA) is 219 Å². The van der Waals surface area contributed by atoms with Gasteiger partial charge in [0.15, 0.2) is 0 Å². The molecule has 3 rings (SSSR count). The Labute approximate surface area is 398 Å². The maximum absolute atomic E-state index is 12.0. The van der Waals surface area contributed by atoms with Gasteiger partial charge in [-0.05, 0) is 172 Å². The highest BCUT2D eigenvalue weighted by Gasteiger charge is 2.38. The summed E-state index contributed by atoms with van der Waals surface area (Å²) >= 11 is 0. The van der Waals surface area contributed by atoms with Crippen molar-refractivity contribution < 1.29 is 76.2 Å². The molecule has 0 spiro atoms. The first-order valence-corrected chi connectivity index (χ1v) is 23.6. The lowest BCUT2D eigenvalue weighted by molar-refractivity contribution is -0.192. The summed E-state index contributed by atoms with van der Waals surface area (Å²) in [5, 5.41) is 27.8. The summed E-state index contributed by atoms with van der Waals surface area (Å²) in [4.78, 5) is 69.9. The molecule has 0 unspecified atom stereocenters. The van der Waals surface area contributed by atoms with Crippen molar-refractivity contribution >= 4 is 36.1 Å². The minimum atomic E-state index is -5.08. The summed E-state index contributed by atoms with van der Waals surface area (Å²) in [5.41, 5.74) is -2.18. The van der Waals surface area contributed by atoms with Gasteiger partial charge in [-0.25, -0.2) is 14.4 Å². The van der Waals surface area contributed by atoms with Crippen LogP contribution in [-0.4, -0.2) is 138 Å². The van der Waals surface area contributed by atoms with Gasteiger partial charge >= 0.3 is 42.2 Å². The normalized spacial score (nSPS) is 16.7. The number of carbonyl (C=O) groups excluding carboxylic acids is 4. The molecule has 3 saturated heterocycles. The van der Waals surface area contributed by atoms with E-state index in [9.17, 15) is 37.1 Å². The zero-order valence-corrected chi connectivity index (χ0v) is 43.4. The van der Waals surface area contributed by atoms with Gasteiger partial charge in [0, 0.05) is 32.8 Å². The number of carboxylic acid groups (broad SMARTS) is 2. The van der Waals surface area contributed by atoms with Crippen LogP contribution in [-0.2, 0) is 38.1 Å². The Hall–Kier alpha value is -3.87. The Bertz CT molecular complexity index is 1490. The Morgan fingerprint density at radius 3 is 1.06 bits per heavy atom. The first-order chi connectivity index (χ1) is 30.5. The predicted molar refractivity (Wildman–Crippen MR) is 249 cm³/mol. The summed E-state index contributed by atoms with van der Waals surface area (Å²) in [5.74, 6) is -2.43. The summed E-state index contributed by atoms with van der Waals surface area (Å²) in [6.45, 7) is 34.3. The van der Waals surface area contributed by atoms with Crippen LogP contribution < -0.4 is 5.32 Å². The second-order valence-electron chi connectivity index (χ2n) is 21.2. The minimum absolute atomic E-state index is 0.0523. The zero-order valence-electron chi connectivity index (χ0n) is 43.4. The van der Waals surface area contributed by atoms with E-state index in [0.717, 1.165) is 64.5 Å². The van der Waals surface area contributed by atoms with Crippen LogP contribution in [0.1, 0.15) is 162 Å². The molecule has 394 valence electrons. The maximum Gasteiger partial charge on any atom is 0.490 e. The number of piperidine rings is 3. The van der Waals surface area contributed by atoms with Crippen LogP contribution in [0.15, 0.2) is 0 Å². The average molecular weight is 972 g/mol. The minimum Gasteiger partial charge on any atom is -0.481 e. The van der Waals surface area contributed by atoms with Gasteiger partial charge in [-0.2, -0.15) is 13.2 Å². The molecule has 3 fully saturated rings. The summed E-state index contributed by atoms with van der Waals surface area (Å²) < 4.78 is 53.2. The number of hydrogen-bond acceptors (Lipinski definition) is 12. The third-order valence-electron chi connectivity index (χ3n) is 11.7. The van der Waals surface area contributed by atoms with Crippen LogP contribution in [0, 0.1) is 34.0 Å². The molecule has 0 saturated carbocycles. The number of esters is 2. The van der Waals surface area contributed by atoms with Crippen molar-refractivity contribution in [2.45, 2.75) is 179 Å². The first-order valence-electron chi connectivity index (χ1n) is 23.6. The van der Waals surface area contributed by atoms with E-state index in [4.69, 9.17) is 39.1 Å². The van der Waals surface area contributed by atoms with Gasteiger partial charge in [0.1, 0.15) is 11.2 Å². The monoisotopic (exact) mass is 972 g/mol. The molecule has 0 aromatic carbocycles. The number of ether oxygens (including phenoxy) is 4. The number of alkyl halides is 3. The largest absolute Gasteiger partial charge is 0.490 e. The van der Waals surface area contributed by atoms with Crippen molar-refractivity contribution in [3.63, 3.8) is 0 Å². The van der Waals surface area contributed by atoms with Crippen LogP contribution in [0.2, 0.25) is 0 Å². The number of hydrogen-bond donors (Lipinski definition) is 4. The SMILES string of the molecule is CC(C)(C)OC(=O)N1CCC(CO)CC1.CCC(C)(C)C(=O)O.CCC(C)(C)C(=O)OCC1CCN(C(=O)OC(C)(C)C)CC1.CCC(C)(C)C(=O)OCC1CCNCC1.O=C(O)C(F)(F)F. The van der Waals surface area contributed by atoms with Crippen molar-refractivity contribution in [3.05, 3.63) is 0 Å². The molecule has 0 atom stereocenters. The highest BCUT2D eigenvalue weighted by atomic mass is 19.4. The third kappa shape index (κ3) is 29.6. The van der Waals surface area contributed by atoms with Gasteiger partial charge in [-0.15, -0.1) is 0 Å². The van der Waals surface area contributed by atoms with Gasteiger partial charge in [-0.1, -0.05) is 20.8 Å². The van der Waals surface area contributed by atoms with Crippen molar-refractivity contribution in [1.82, 2.24) is 15.1 Å². The fraction of sp³-hybridized carbons (Fsp3) is 0.875. The van der Waals surface area contributed by atoms with Gasteiger partial charge in [0.2, 0.25) is 0 Å². The number of nitrogens with one attached hydrogen (secondary N) is 1. The van der Waals surface area contributed by atoms with Crippen LogP contribution in [0.25, 0.3) is 0 Å². The number of amides is 2. The zero-order chi connectivity index (χ0) is 52.6. The van der Waals surface area contributed by atoms with Crippen LogP contribution in [0.5, 0.6) is 0 Å². The van der Waals surface area contributed by atoms with Crippen LogP contribution in [0.3, 0.4) is 0 Å². The molecule has 16 nitrogen and oxygen atoms in total. The smallest absolute Gasteiger partial charge is 0.481 e. The number of aliphatic hydroxyl groups excluding tert-OH is 1. The van der Waals surface area contributed by atoms with Crippen molar-refractivity contribution in [1.29, 1.82) is 0 Å². The molecular formula is C48H88F3N3O13. The molecule has 0 aliphatic carbocycles. The Balaban J connectivity index is 0. The summed E-state index contributed by atoms with van der Waals surface area (Å²) in [6, 6.07) is 0. The first kappa shape index (κ1) is 65.2. The number of aliphatic hydroxyl groups is 1. The summed E-state index contributed by atoms with van der Waals surface area (Å²) in [6.07, 6.45) is 2.39. The van der Waals surface area contributed by atoms with Crippen molar-refractivity contribution in [2.24, 2.45) is 34.0 Å². The number of likely N-dealkylation sites (tertiary alicyclic amines) is 2. The van der Waals surface area contributed by atoms with E-state index in [1.807, 2.05) is 90.0 Å². The number of halogens is 3. The highest BCUT2D eigenvalue weighted by Crippen LogP contribution is 2.26. The molecule has 4 N–H and O–H groups in total. The standard InChI is InChI=1S/C17H31NO4.C12H23NO2.C11H21NO3.C6H12O2.C2HF3O2/c1-7-17(5,6)14(19)21-12-13-8-10-18(11-9-13)15(20)22-16(2,3)4;1-4-12(2,3)11(14)15-9-10-5-7-13-8-6-10;1-11(2,3)15-10(14)12-6-4-9(8-13)5-7-12;1-4-6(2,3)5(7)8;3-2(4,5)1(6)7/h13H,7-12H2,1-6H3;10,13H,4-9H2,1-3H3;9,13H,4-8H2,1-3H3;4H2,1-3H3,(H,7,8);(H,6,7). The third-order valence-corrected chi connectivity index (χ3v) is 11.7. The van der Waals surface area contributed by atoms with E-state index in [0.29, 0.717) is 63.6 Å². The highest BCUT2D eigenvalue weighted by molar-refractivity contribution is 5.76.